The van der Waals surface area contributed by atoms with Gasteiger partial charge in [-0.15, -0.1) is 0 Å². The van der Waals surface area contributed by atoms with Crippen LogP contribution in [0.25, 0.3) is 5.57 Å². The molecule has 2 N–H and O–H groups in total. The molecule has 120 valence electrons. The van der Waals surface area contributed by atoms with Gasteiger partial charge >= 0.3 is 7.12 Å². The van der Waals surface area contributed by atoms with Crippen molar-refractivity contribution in [2.75, 3.05) is 4.90 Å². The van der Waals surface area contributed by atoms with Crippen LogP contribution in [0.2, 0.25) is 0 Å². The van der Waals surface area contributed by atoms with Gasteiger partial charge in [-0.1, -0.05) is 56.7 Å². The number of rotatable bonds is 5. The highest BCUT2D eigenvalue weighted by Crippen LogP contribution is 2.46. The molecule has 1 unspecified atom stereocenters. The van der Waals surface area contributed by atoms with Crippen LogP contribution in [0.15, 0.2) is 53.7 Å². The first-order chi connectivity index (χ1) is 11.2. The van der Waals surface area contributed by atoms with E-state index in [4.69, 9.17) is 0 Å². The second-order valence-electron chi connectivity index (χ2n) is 6.15. The minimum absolute atomic E-state index is 0.262. The molecule has 4 heteroatoms. The summed E-state index contributed by atoms with van der Waals surface area (Å²) in [4.78, 5) is 2.44. The molecule has 0 saturated carbocycles. The zero-order chi connectivity index (χ0) is 16.4. The Kier molecular flexibility index (Phi) is 4.74. The van der Waals surface area contributed by atoms with Gasteiger partial charge in [0.2, 0.25) is 0 Å². The fourth-order valence-electron chi connectivity index (χ4n) is 3.57. The summed E-state index contributed by atoms with van der Waals surface area (Å²) in [6.07, 6.45) is 10.3. The van der Waals surface area contributed by atoms with Crippen molar-refractivity contribution in [3.63, 3.8) is 0 Å². The average molecular weight is 309 g/mol. The van der Waals surface area contributed by atoms with Crippen LogP contribution in [-0.2, 0) is 0 Å². The molecular formula is C19H24BNO2. The maximum atomic E-state index is 9.50. The number of para-hydroxylation sites is 1. The van der Waals surface area contributed by atoms with Crippen molar-refractivity contribution in [3.8, 4) is 0 Å². The van der Waals surface area contributed by atoms with E-state index >= 15 is 0 Å². The third-order valence-corrected chi connectivity index (χ3v) is 4.68. The highest BCUT2D eigenvalue weighted by Gasteiger charge is 2.36. The molecule has 1 heterocycles. The molecule has 0 radical (unpaired) electrons. The molecule has 1 aliphatic heterocycles. The van der Waals surface area contributed by atoms with Gasteiger partial charge in [0.1, 0.15) is 0 Å². The summed E-state index contributed by atoms with van der Waals surface area (Å²) in [5.74, 6) is 0. The van der Waals surface area contributed by atoms with Crippen LogP contribution in [0.3, 0.4) is 0 Å². The van der Waals surface area contributed by atoms with E-state index in [1.807, 2.05) is 12.2 Å². The minimum Gasteiger partial charge on any atom is -0.423 e. The Morgan fingerprint density at radius 2 is 2.09 bits per heavy atom. The largest absolute Gasteiger partial charge is 0.488 e. The first-order valence-corrected chi connectivity index (χ1v) is 8.52. The van der Waals surface area contributed by atoms with E-state index in [0.717, 1.165) is 25.7 Å². The summed E-state index contributed by atoms with van der Waals surface area (Å²) in [6.45, 7) is 4.40. The third-order valence-electron chi connectivity index (χ3n) is 4.68. The summed E-state index contributed by atoms with van der Waals surface area (Å²) in [5, 5.41) is 19.0. The highest BCUT2D eigenvalue weighted by molar-refractivity contribution is 6.52. The summed E-state index contributed by atoms with van der Waals surface area (Å²) in [7, 11) is -1.40. The van der Waals surface area contributed by atoms with Gasteiger partial charge in [0, 0.05) is 16.9 Å². The zero-order valence-corrected chi connectivity index (χ0v) is 13.9. The molecule has 1 aromatic carbocycles. The Morgan fingerprint density at radius 1 is 1.30 bits per heavy atom. The van der Waals surface area contributed by atoms with Gasteiger partial charge in [-0.05, 0) is 36.4 Å². The molecular weight excluding hydrogens is 285 g/mol. The van der Waals surface area contributed by atoms with Gasteiger partial charge in [0.05, 0.1) is 6.04 Å². The smallest absolute Gasteiger partial charge is 0.423 e. The third kappa shape index (κ3) is 2.89. The standard InChI is InChI=1S/C19H24BNO2/c1-3-5-8-15(4-2)21-18-10-7-6-9-16(18)17-13-14(20(22)23)11-12-19(17)21/h6-11,13,19,22-23H,3-5,12H2,1-2H3/b15-8+. The number of anilines is 1. The van der Waals surface area contributed by atoms with Crippen LogP contribution < -0.4 is 4.90 Å². The molecule has 0 saturated heterocycles. The van der Waals surface area contributed by atoms with E-state index in [9.17, 15) is 10.0 Å². The number of hydrogen-bond donors (Lipinski definition) is 2. The van der Waals surface area contributed by atoms with Crippen molar-refractivity contribution in [1.82, 2.24) is 0 Å². The molecule has 0 spiro atoms. The fourth-order valence-corrected chi connectivity index (χ4v) is 3.57. The van der Waals surface area contributed by atoms with Crippen LogP contribution in [0.1, 0.15) is 45.1 Å². The van der Waals surface area contributed by atoms with E-state index in [-0.39, 0.29) is 6.04 Å². The lowest BCUT2D eigenvalue weighted by Gasteiger charge is -2.31. The van der Waals surface area contributed by atoms with E-state index in [1.54, 1.807) is 0 Å². The van der Waals surface area contributed by atoms with E-state index in [2.05, 4.69) is 49.1 Å². The summed E-state index contributed by atoms with van der Waals surface area (Å²) in [5.41, 5.74) is 5.59. The Hall–Kier alpha value is -1.78. The monoisotopic (exact) mass is 309 g/mol. The molecule has 1 atom stereocenters. The molecule has 3 nitrogen and oxygen atoms in total. The maximum absolute atomic E-state index is 9.50. The lowest BCUT2D eigenvalue weighted by Crippen LogP contribution is -2.32. The number of nitrogens with zero attached hydrogens (tertiary/aromatic N) is 1. The lowest BCUT2D eigenvalue weighted by molar-refractivity contribution is 0.420. The van der Waals surface area contributed by atoms with E-state index < -0.39 is 7.12 Å². The molecule has 23 heavy (non-hydrogen) atoms. The normalized spacial score (nSPS) is 19.9. The van der Waals surface area contributed by atoms with Gasteiger partial charge in [0.15, 0.2) is 0 Å². The molecule has 3 rings (SSSR count). The topological polar surface area (TPSA) is 43.7 Å². The first-order valence-electron chi connectivity index (χ1n) is 8.52. The zero-order valence-electron chi connectivity index (χ0n) is 13.9. The number of fused-ring (bicyclic) bond motifs is 3. The summed E-state index contributed by atoms with van der Waals surface area (Å²) in [6, 6.07) is 8.69. The van der Waals surface area contributed by atoms with Gasteiger partial charge in [-0.2, -0.15) is 0 Å². The van der Waals surface area contributed by atoms with Crippen LogP contribution >= 0.6 is 0 Å². The molecule has 1 aliphatic carbocycles. The Bertz CT molecular complexity index is 676. The molecule has 1 aromatic rings. The first kappa shape index (κ1) is 16.1. The van der Waals surface area contributed by atoms with Crippen LogP contribution in [0.4, 0.5) is 5.69 Å². The second-order valence-corrected chi connectivity index (χ2v) is 6.15. The number of unbranched alkanes of at least 4 members (excludes halogenated alkanes) is 1. The van der Waals surface area contributed by atoms with Crippen molar-refractivity contribution >= 4 is 18.4 Å². The average Bonchev–Trinajstić information content (AvgIpc) is 2.90. The quantitative estimate of drug-likeness (QED) is 0.815. The van der Waals surface area contributed by atoms with Crippen LogP contribution in [0.5, 0.6) is 0 Å². The Balaban J connectivity index is 2.06. The van der Waals surface area contributed by atoms with E-state index in [0.29, 0.717) is 5.47 Å². The predicted molar refractivity (Wildman–Crippen MR) is 96.9 cm³/mol. The van der Waals surface area contributed by atoms with Gasteiger partial charge in [0.25, 0.3) is 0 Å². The summed E-state index contributed by atoms with van der Waals surface area (Å²) >= 11 is 0. The SMILES string of the molecule is CCC/C=C(\CC)N1c2ccccc2C2=CC(B(O)O)=CCC21. The second kappa shape index (κ2) is 6.77. The van der Waals surface area contributed by atoms with Crippen molar-refractivity contribution in [1.29, 1.82) is 0 Å². The van der Waals surface area contributed by atoms with Gasteiger partial charge in [-0.3, -0.25) is 0 Å². The van der Waals surface area contributed by atoms with Crippen LogP contribution in [-0.4, -0.2) is 23.2 Å². The Morgan fingerprint density at radius 3 is 2.78 bits per heavy atom. The lowest BCUT2D eigenvalue weighted by atomic mass is 9.74. The van der Waals surface area contributed by atoms with Crippen molar-refractivity contribution in [3.05, 3.63) is 59.2 Å². The minimum atomic E-state index is -1.40. The van der Waals surface area contributed by atoms with Gasteiger partial charge in [-0.25, -0.2) is 0 Å². The number of hydrogen-bond acceptors (Lipinski definition) is 3. The molecule has 2 aliphatic rings. The molecule has 0 fully saturated rings. The Labute approximate surface area is 138 Å². The molecule has 0 amide bonds. The highest BCUT2D eigenvalue weighted by atomic mass is 16.4. The predicted octanol–water partition coefficient (Wildman–Crippen LogP) is 3.69. The summed E-state index contributed by atoms with van der Waals surface area (Å²) < 4.78 is 0. The van der Waals surface area contributed by atoms with Gasteiger partial charge < -0.3 is 14.9 Å². The maximum Gasteiger partial charge on any atom is 0.488 e. The fraction of sp³-hybridized carbons (Fsp3) is 0.368. The van der Waals surface area contributed by atoms with E-state index in [1.165, 1.54) is 22.5 Å². The number of benzene rings is 1. The molecule has 0 bridgehead atoms. The van der Waals surface area contributed by atoms with Crippen molar-refractivity contribution in [2.24, 2.45) is 0 Å². The van der Waals surface area contributed by atoms with Crippen LogP contribution in [0, 0.1) is 0 Å². The molecule has 0 aromatic heterocycles. The van der Waals surface area contributed by atoms with Crippen molar-refractivity contribution in [2.45, 2.75) is 45.6 Å². The van der Waals surface area contributed by atoms with Crippen molar-refractivity contribution < 1.29 is 10.0 Å². The number of allylic oxidation sites excluding steroid dienone is 4.